The van der Waals surface area contributed by atoms with Crippen LogP contribution in [0.25, 0.3) is 10.8 Å². The third-order valence-electron chi connectivity index (χ3n) is 3.20. The van der Waals surface area contributed by atoms with Gasteiger partial charge in [0.2, 0.25) is 0 Å². The van der Waals surface area contributed by atoms with Crippen molar-refractivity contribution in [1.29, 1.82) is 0 Å². The Hall–Kier alpha value is -1.30. The van der Waals surface area contributed by atoms with Crippen molar-refractivity contribution >= 4 is 10.8 Å². The summed E-state index contributed by atoms with van der Waals surface area (Å²) >= 11 is 0. The second-order valence-corrected chi connectivity index (χ2v) is 5.14. The zero-order chi connectivity index (χ0) is 11.7. The molecule has 0 radical (unpaired) electrons. The summed E-state index contributed by atoms with van der Waals surface area (Å²) in [6, 6.07) is 13.3. The summed E-state index contributed by atoms with van der Waals surface area (Å²) in [7, 11) is 0. The molecule has 0 aliphatic rings. The molecule has 0 heteroatoms. The molecule has 0 aliphatic heterocycles. The van der Waals surface area contributed by atoms with Gasteiger partial charge in [0.25, 0.3) is 0 Å². The number of benzene rings is 2. The van der Waals surface area contributed by atoms with E-state index in [0.29, 0.717) is 11.8 Å². The van der Waals surface area contributed by atoms with Crippen molar-refractivity contribution in [2.45, 2.75) is 39.5 Å². The van der Waals surface area contributed by atoms with Crippen LogP contribution in [0.15, 0.2) is 36.4 Å². The lowest BCUT2D eigenvalue weighted by molar-refractivity contribution is 0.793. The minimum absolute atomic E-state index is 0.599. The number of hydrogen-bond acceptors (Lipinski definition) is 0. The van der Waals surface area contributed by atoms with Crippen molar-refractivity contribution in [3.63, 3.8) is 0 Å². The molecule has 2 aromatic rings. The van der Waals surface area contributed by atoms with Crippen molar-refractivity contribution in [2.75, 3.05) is 0 Å². The molecule has 0 atom stereocenters. The van der Waals surface area contributed by atoms with Crippen molar-refractivity contribution in [3.8, 4) is 0 Å². The minimum Gasteiger partial charge on any atom is -0.0616 e. The van der Waals surface area contributed by atoms with E-state index < -0.39 is 0 Å². The van der Waals surface area contributed by atoms with E-state index in [-0.39, 0.29) is 0 Å². The van der Waals surface area contributed by atoms with Crippen LogP contribution in [0.3, 0.4) is 0 Å². The van der Waals surface area contributed by atoms with E-state index in [1.807, 2.05) is 0 Å². The molecule has 0 N–H and O–H groups in total. The summed E-state index contributed by atoms with van der Waals surface area (Å²) in [5.41, 5.74) is 2.99. The van der Waals surface area contributed by atoms with Gasteiger partial charge in [-0.15, -0.1) is 0 Å². The lowest BCUT2D eigenvalue weighted by atomic mass is 9.88. The highest BCUT2D eigenvalue weighted by Gasteiger charge is 2.10. The largest absolute Gasteiger partial charge is 0.0616 e. The summed E-state index contributed by atoms with van der Waals surface area (Å²) in [5, 5.41) is 2.71. The Morgan fingerprint density at radius 1 is 0.688 bits per heavy atom. The van der Waals surface area contributed by atoms with E-state index in [4.69, 9.17) is 0 Å². The van der Waals surface area contributed by atoms with Gasteiger partial charge in [0.1, 0.15) is 0 Å². The first-order valence-electron chi connectivity index (χ1n) is 6.12. The van der Waals surface area contributed by atoms with E-state index in [1.54, 1.807) is 0 Å². The van der Waals surface area contributed by atoms with Crippen molar-refractivity contribution in [2.24, 2.45) is 0 Å². The standard InChI is InChI=1S/C16H20/c1-11(2)15-9-13-7-5-6-8-14(13)10-16(15)12(3)4/h5-12H,1-4H3. The molecule has 16 heavy (non-hydrogen) atoms. The van der Waals surface area contributed by atoms with Gasteiger partial charge < -0.3 is 0 Å². The first kappa shape index (κ1) is 11.2. The quantitative estimate of drug-likeness (QED) is 0.650. The molecule has 0 amide bonds. The van der Waals surface area contributed by atoms with Gasteiger partial charge in [-0.3, -0.25) is 0 Å². The molecular weight excluding hydrogens is 192 g/mol. The van der Waals surface area contributed by atoms with Crippen molar-refractivity contribution in [1.82, 2.24) is 0 Å². The van der Waals surface area contributed by atoms with Gasteiger partial charge in [-0.1, -0.05) is 64.1 Å². The molecule has 0 aromatic heterocycles. The van der Waals surface area contributed by atoms with Crippen LogP contribution in [-0.2, 0) is 0 Å². The zero-order valence-electron chi connectivity index (χ0n) is 10.6. The maximum atomic E-state index is 2.36. The highest BCUT2D eigenvalue weighted by atomic mass is 14.2. The Labute approximate surface area is 98.3 Å². The van der Waals surface area contributed by atoms with Gasteiger partial charge in [-0.05, 0) is 33.7 Å². The van der Waals surface area contributed by atoms with Crippen LogP contribution in [0, 0.1) is 0 Å². The molecular formula is C16H20. The van der Waals surface area contributed by atoms with Crippen LogP contribution < -0.4 is 0 Å². The summed E-state index contributed by atoms with van der Waals surface area (Å²) < 4.78 is 0. The third kappa shape index (κ3) is 1.97. The summed E-state index contributed by atoms with van der Waals surface area (Å²) in [6.45, 7) is 9.10. The van der Waals surface area contributed by atoms with Crippen LogP contribution in [-0.4, -0.2) is 0 Å². The molecule has 84 valence electrons. The second-order valence-electron chi connectivity index (χ2n) is 5.14. The number of fused-ring (bicyclic) bond motifs is 1. The topological polar surface area (TPSA) is 0 Å². The molecule has 0 bridgehead atoms. The minimum atomic E-state index is 0.599. The van der Waals surface area contributed by atoms with E-state index in [2.05, 4.69) is 64.1 Å². The van der Waals surface area contributed by atoms with Crippen molar-refractivity contribution in [3.05, 3.63) is 47.5 Å². The fourth-order valence-corrected chi connectivity index (χ4v) is 2.28. The normalized spacial score (nSPS) is 11.6. The maximum absolute atomic E-state index is 2.36. The molecule has 0 aliphatic carbocycles. The number of rotatable bonds is 2. The van der Waals surface area contributed by atoms with Crippen LogP contribution >= 0.6 is 0 Å². The van der Waals surface area contributed by atoms with Gasteiger partial charge >= 0.3 is 0 Å². The first-order chi connectivity index (χ1) is 7.59. The predicted octanol–water partition coefficient (Wildman–Crippen LogP) is 5.09. The van der Waals surface area contributed by atoms with E-state index in [0.717, 1.165) is 0 Å². The SMILES string of the molecule is CC(C)c1cc2ccccc2cc1C(C)C. The van der Waals surface area contributed by atoms with Gasteiger partial charge in [-0.2, -0.15) is 0 Å². The molecule has 0 spiro atoms. The van der Waals surface area contributed by atoms with Crippen molar-refractivity contribution < 1.29 is 0 Å². The smallest absolute Gasteiger partial charge is 0.0181 e. The Balaban J connectivity index is 2.71. The maximum Gasteiger partial charge on any atom is -0.0181 e. The molecule has 0 heterocycles. The summed E-state index contributed by atoms with van der Waals surface area (Å²) in [4.78, 5) is 0. The first-order valence-corrected chi connectivity index (χ1v) is 6.12. The average Bonchev–Trinajstić information content (AvgIpc) is 2.27. The molecule has 2 rings (SSSR count). The highest BCUT2D eigenvalue weighted by Crippen LogP contribution is 2.30. The van der Waals surface area contributed by atoms with Gasteiger partial charge in [0.05, 0.1) is 0 Å². The molecule has 0 saturated carbocycles. The van der Waals surface area contributed by atoms with Gasteiger partial charge in [0.15, 0.2) is 0 Å². The zero-order valence-corrected chi connectivity index (χ0v) is 10.6. The molecule has 0 nitrogen and oxygen atoms in total. The Bertz CT molecular complexity index is 446. The fourth-order valence-electron chi connectivity index (χ4n) is 2.28. The van der Waals surface area contributed by atoms with E-state index >= 15 is 0 Å². The second kappa shape index (κ2) is 4.29. The number of hydrogen-bond donors (Lipinski definition) is 0. The third-order valence-corrected chi connectivity index (χ3v) is 3.20. The Kier molecular flexibility index (Phi) is 3.00. The molecule has 2 aromatic carbocycles. The highest BCUT2D eigenvalue weighted by molar-refractivity contribution is 5.84. The molecule has 0 saturated heterocycles. The lowest BCUT2D eigenvalue weighted by Crippen LogP contribution is -1.98. The molecule has 0 unspecified atom stereocenters. The summed E-state index contributed by atoms with van der Waals surface area (Å²) in [6.07, 6.45) is 0. The van der Waals surface area contributed by atoms with Gasteiger partial charge in [-0.25, -0.2) is 0 Å². The monoisotopic (exact) mass is 212 g/mol. The van der Waals surface area contributed by atoms with Crippen LogP contribution in [0.1, 0.15) is 50.7 Å². The van der Waals surface area contributed by atoms with Gasteiger partial charge in [0, 0.05) is 0 Å². The summed E-state index contributed by atoms with van der Waals surface area (Å²) in [5.74, 6) is 1.20. The lowest BCUT2D eigenvalue weighted by Gasteiger charge is -2.17. The fraction of sp³-hybridized carbons (Fsp3) is 0.375. The Morgan fingerprint density at radius 3 is 1.38 bits per heavy atom. The van der Waals surface area contributed by atoms with E-state index in [1.165, 1.54) is 21.9 Å². The predicted molar refractivity (Wildman–Crippen MR) is 72.1 cm³/mol. The Morgan fingerprint density at radius 2 is 1.06 bits per heavy atom. The van der Waals surface area contributed by atoms with Crippen LogP contribution in [0.4, 0.5) is 0 Å². The average molecular weight is 212 g/mol. The van der Waals surface area contributed by atoms with Crippen LogP contribution in [0.5, 0.6) is 0 Å². The van der Waals surface area contributed by atoms with E-state index in [9.17, 15) is 0 Å². The molecule has 0 fully saturated rings. The van der Waals surface area contributed by atoms with Crippen LogP contribution in [0.2, 0.25) is 0 Å².